The molecule has 0 saturated heterocycles. The summed E-state index contributed by atoms with van der Waals surface area (Å²) in [5.74, 6) is -0.951. The van der Waals surface area contributed by atoms with Gasteiger partial charge in [0, 0.05) is 29.2 Å². The van der Waals surface area contributed by atoms with Gasteiger partial charge < -0.3 is 9.72 Å². The molecule has 0 unspecified atom stereocenters. The summed E-state index contributed by atoms with van der Waals surface area (Å²) in [5.41, 5.74) is 3.62. The van der Waals surface area contributed by atoms with Crippen LogP contribution >= 0.6 is 24.6 Å². The topological polar surface area (TPSA) is 58.4 Å². The molecule has 0 spiro atoms. The van der Waals surface area contributed by atoms with Crippen LogP contribution in [0.2, 0.25) is 0 Å². The number of aromatic nitrogens is 2. The summed E-state index contributed by atoms with van der Waals surface area (Å²) in [6.45, 7) is 0. The second kappa shape index (κ2) is 8.81. The summed E-state index contributed by atoms with van der Waals surface area (Å²) in [6, 6.07) is 18.8. The maximum absolute atomic E-state index is 13.2. The largest absolute Gasteiger partial charge is 0.332 e. The molecule has 5 nitrogen and oxygen atoms in total. The van der Waals surface area contributed by atoms with E-state index in [1.807, 2.05) is 59.3 Å². The first kappa shape index (κ1) is 20.4. The Labute approximate surface area is 178 Å². The molecule has 0 atom stereocenters. The van der Waals surface area contributed by atoms with E-state index in [-0.39, 0.29) is 23.1 Å². The van der Waals surface area contributed by atoms with Crippen molar-refractivity contribution in [1.82, 2.24) is 14.7 Å². The maximum Gasteiger partial charge on any atom is 0.257 e. The van der Waals surface area contributed by atoms with E-state index < -0.39 is 11.7 Å². The van der Waals surface area contributed by atoms with Gasteiger partial charge in [-0.25, -0.2) is 9.37 Å². The van der Waals surface area contributed by atoms with Crippen LogP contribution in [0.4, 0.5) is 10.1 Å². The lowest BCUT2D eigenvalue weighted by atomic mass is 10.1. The second-order valence-corrected chi connectivity index (χ2v) is 6.50. The molecule has 0 aliphatic rings. The van der Waals surface area contributed by atoms with Crippen LogP contribution in [0.3, 0.4) is 0 Å². The minimum absolute atomic E-state index is 0. The molecule has 2 aromatic carbocycles. The molecule has 0 aliphatic heterocycles. The Hall–Kier alpha value is -3.29. The molecule has 1 amide bonds. The van der Waals surface area contributed by atoms with E-state index in [2.05, 4.69) is 15.6 Å². The minimum Gasteiger partial charge on any atom is -0.332 e. The lowest BCUT2D eigenvalue weighted by Gasteiger charge is -2.10. The molecule has 4 aromatic rings. The Morgan fingerprint density at radius 2 is 1.83 bits per heavy atom. The summed E-state index contributed by atoms with van der Waals surface area (Å²) < 4.78 is 15.2. The van der Waals surface area contributed by atoms with Gasteiger partial charge in [-0.3, -0.25) is 10.1 Å². The number of nitrogens with one attached hydrogen (secondary N) is 2. The average Bonchev–Trinajstić information content (AvgIpc) is 3.12. The fourth-order valence-electron chi connectivity index (χ4n) is 2.77. The van der Waals surface area contributed by atoms with Crippen molar-refractivity contribution in [3.63, 3.8) is 0 Å². The Kier molecular flexibility index (Phi) is 6.21. The SMILES string of the molecule is Cl.O=C(NC(=S)Nc1ccc(-c2cn3ccccc3n2)cc1)c1cccc(F)c1. The van der Waals surface area contributed by atoms with E-state index in [9.17, 15) is 9.18 Å². The number of pyridine rings is 1. The van der Waals surface area contributed by atoms with Crippen LogP contribution in [0.15, 0.2) is 79.1 Å². The van der Waals surface area contributed by atoms with Gasteiger partial charge in [-0.1, -0.05) is 24.3 Å². The van der Waals surface area contributed by atoms with Crippen LogP contribution in [-0.4, -0.2) is 20.4 Å². The highest BCUT2D eigenvalue weighted by atomic mass is 35.5. The Morgan fingerprint density at radius 1 is 1.03 bits per heavy atom. The van der Waals surface area contributed by atoms with Crippen LogP contribution in [0.5, 0.6) is 0 Å². The van der Waals surface area contributed by atoms with E-state index >= 15 is 0 Å². The number of rotatable bonds is 3. The third kappa shape index (κ3) is 4.77. The zero-order valence-corrected chi connectivity index (χ0v) is 16.6. The van der Waals surface area contributed by atoms with Crippen molar-refractivity contribution >= 4 is 47.0 Å². The van der Waals surface area contributed by atoms with Crippen molar-refractivity contribution in [2.24, 2.45) is 0 Å². The summed E-state index contributed by atoms with van der Waals surface area (Å²) >= 11 is 5.16. The normalized spacial score (nSPS) is 10.2. The fraction of sp³-hybridized carbons (Fsp3) is 0. The summed E-state index contributed by atoms with van der Waals surface area (Å²) in [4.78, 5) is 16.7. The van der Waals surface area contributed by atoms with Gasteiger partial charge >= 0.3 is 0 Å². The van der Waals surface area contributed by atoms with E-state index in [0.29, 0.717) is 0 Å². The average molecular weight is 427 g/mol. The molecule has 2 heterocycles. The van der Waals surface area contributed by atoms with Crippen LogP contribution < -0.4 is 10.6 Å². The van der Waals surface area contributed by atoms with E-state index in [1.165, 1.54) is 18.2 Å². The van der Waals surface area contributed by atoms with Crippen molar-refractivity contribution in [1.29, 1.82) is 0 Å². The highest BCUT2D eigenvalue weighted by Crippen LogP contribution is 2.21. The fourth-order valence-corrected chi connectivity index (χ4v) is 2.98. The van der Waals surface area contributed by atoms with Gasteiger partial charge in [0.2, 0.25) is 0 Å². The zero-order valence-electron chi connectivity index (χ0n) is 15.0. The molecule has 0 radical (unpaired) electrons. The number of thiocarbonyl (C=S) groups is 1. The number of amides is 1. The standard InChI is InChI=1S/C21H15FN4OS.ClH/c22-16-5-3-4-15(12-16)20(27)25-21(28)23-17-9-7-14(8-10-17)18-13-26-11-2-1-6-19(26)24-18;/h1-13H,(H2,23,25,27,28);1H. The third-order valence-corrected chi connectivity index (χ3v) is 4.32. The van der Waals surface area contributed by atoms with Gasteiger partial charge in [0.25, 0.3) is 5.91 Å². The number of hydrogen-bond donors (Lipinski definition) is 2. The quantitative estimate of drug-likeness (QED) is 0.467. The van der Waals surface area contributed by atoms with E-state index in [4.69, 9.17) is 12.2 Å². The number of benzene rings is 2. The predicted molar refractivity (Wildman–Crippen MR) is 118 cm³/mol. The van der Waals surface area contributed by atoms with Crippen molar-refractivity contribution in [2.75, 3.05) is 5.32 Å². The number of hydrogen-bond acceptors (Lipinski definition) is 3. The molecule has 2 N–H and O–H groups in total. The monoisotopic (exact) mass is 426 g/mol. The number of nitrogens with zero attached hydrogens (tertiary/aromatic N) is 2. The highest BCUT2D eigenvalue weighted by molar-refractivity contribution is 7.80. The summed E-state index contributed by atoms with van der Waals surface area (Å²) in [5, 5.41) is 5.61. The summed E-state index contributed by atoms with van der Waals surface area (Å²) in [6.07, 6.45) is 3.91. The Morgan fingerprint density at radius 3 is 2.55 bits per heavy atom. The Bertz CT molecular complexity index is 1140. The summed E-state index contributed by atoms with van der Waals surface area (Å²) in [7, 11) is 0. The van der Waals surface area contributed by atoms with Crippen LogP contribution in [-0.2, 0) is 0 Å². The minimum atomic E-state index is -0.478. The number of imidazole rings is 1. The van der Waals surface area contributed by atoms with Crippen molar-refractivity contribution < 1.29 is 9.18 Å². The van der Waals surface area contributed by atoms with Crippen molar-refractivity contribution in [3.05, 3.63) is 90.5 Å². The molecule has 8 heteroatoms. The molecule has 29 heavy (non-hydrogen) atoms. The number of anilines is 1. The first-order valence-corrected chi connectivity index (χ1v) is 8.91. The van der Waals surface area contributed by atoms with Crippen LogP contribution in [0.1, 0.15) is 10.4 Å². The van der Waals surface area contributed by atoms with Gasteiger partial charge in [-0.05, 0) is 54.7 Å². The molecular weight excluding hydrogens is 411 g/mol. The number of halogens is 2. The number of carbonyl (C=O) groups excluding carboxylic acids is 1. The van der Waals surface area contributed by atoms with Crippen LogP contribution in [0.25, 0.3) is 16.9 Å². The van der Waals surface area contributed by atoms with Gasteiger partial charge in [-0.15, -0.1) is 12.4 Å². The maximum atomic E-state index is 13.2. The number of fused-ring (bicyclic) bond motifs is 1. The van der Waals surface area contributed by atoms with Gasteiger partial charge in [0.1, 0.15) is 11.5 Å². The predicted octanol–water partition coefficient (Wildman–Crippen LogP) is 4.69. The highest BCUT2D eigenvalue weighted by Gasteiger charge is 2.09. The third-order valence-electron chi connectivity index (χ3n) is 4.12. The van der Waals surface area contributed by atoms with Crippen molar-refractivity contribution in [2.45, 2.75) is 0 Å². The molecule has 4 rings (SSSR count). The van der Waals surface area contributed by atoms with Gasteiger partial charge in [-0.2, -0.15) is 0 Å². The van der Waals surface area contributed by atoms with E-state index in [1.54, 1.807) is 0 Å². The van der Waals surface area contributed by atoms with Gasteiger partial charge in [0.05, 0.1) is 5.69 Å². The number of carbonyl (C=O) groups is 1. The molecule has 0 bridgehead atoms. The van der Waals surface area contributed by atoms with Crippen molar-refractivity contribution in [3.8, 4) is 11.3 Å². The van der Waals surface area contributed by atoms with Crippen LogP contribution in [0, 0.1) is 5.82 Å². The molecule has 0 fully saturated rings. The Balaban J connectivity index is 0.00000240. The second-order valence-electron chi connectivity index (χ2n) is 6.09. The molecular formula is C21H16ClFN4OS. The molecule has 2 aromatic heterocycles. The first-order valence-electron chi connectivity index (χ1n) is 8.50. The first-order chi connectivity index (χ1) is 13.6. The van der Waals surface area contributed by atoms with E-state index in [0.717, 1.165) is 28.7 Å². The molecule has 146 valence electrons. The molecule has 0 aliphatic carbocycles. The molecule has 0 saturated carbocycles. The lowest BCUT2D eigenvalue weighted by molar-refractivity contribution is 0.0977. The smallest absolute Gasteiger partial charge is 0.257 e. The lowest BCUT2D eigenvalue weighted by Crippen LogP contribution is -2.34. The zero-order chi connectivity index (χ0) is 19.5. The van der Waals surface area contributed by atoms with Gasteiger partial charge in [0.15, 0.2) is 5.11 Å².